The summed E-state index contributed by atoms with van der Waals surface area (Å²) in [6.07, 6.45) is -8.71. The Morgan fingerprint density at radius 3 is 0.770 bits per heavy atom. The summed E-state index contributed by atoms with van der Waals surface area (Å²) < 4.78 is 337. The molecule has 4 aliphatic heterocycles. The van der Waals surface area contributed by atoms with E-state index in [0.29, 0.717) is 48.6 Å². The van der Waals surface area contributed by atoms with Crippen molar-refractivity contribution < 1.29 is 156 Å². The maximum absolute atomic E-state index is 18.2. The topological polar surface area (TPSA) is 312 Å². The molecule has 4 aliphatic rings. The summed E-state index contributed by atoms with van der Waals surface area (Å²) in [5.41, 5.74) is -24.7. The molecule has 2 fully saturated rings. The summed E-state index contributed by atoms with van der Waals surface area (Å²) in [6.45, 7) is 4.80. The Bertz CT molecular complexity index is 5790. The molecule has 4 aromatic carbocycles. The highest BCUT2D eigenvalue weighted by Crippen LogP contribution is 2.51. The molecule has 9 heterocycles. The van der Waals surface area contributed by atoms with E-state index in [1.807, 2.05) is 0 Å². The predicted octanol–water partition coefficient (Wildman–Crippen LogP) is 17.0. The fraction of sp³-hybridized carbons (Fsp3) is 0.244. The van der Waals surface area contributed by atoms with Gasteiger partial charge in [-0.3, -0.25) is 48.3 Å². The monoisotopic (exact) mass is 1840 g/mol. The van der Waals surface area contributed by atoms with Crippen molar-refractivity contribution in [1.29, 1.82) is 0 Å². The number of carbonyl (C=O) groups is 8. The highest BCUT2D eigenvalue weighted by Gasteiger charge is 2.55. The van der Waals surface area contributed by atoms with Crippen LogP contribution in [-0.2, 0) is 85.7 Å². The zero-order chi connectivity index (χ0) is 91.2. The van der Waals surface area contributed by atoms with Gasteiger partial charge < -0.3 is 57.3 Å². The van der Waals surface area contributed by atoms with Gasteiger partial charge in [-0.1, -0.05) is 47.0 Å². The zero-order valence-corrected chi connectivity index (χ0v) is 68.5. The van der Waals surface area contributed by atoms with Crippen LogP contribution >= 0.6 is 47.0 Å². The van der Waals surface area contributed by atoms with Gasteiger partial charge >= 0.3 is 47.8 Å². The van der Waals surface area contributed by atoms with Crippen LogP contribution in [0.4, 0.5) is 70.2 Å². The molecule has 658 valence electrons. The van der Waals surface area contributed by atoms with Crippen molar-refractivity contribution in [2.24, 2.45) is 0 Å². The van der Waals surface area contributed by atoms with Crippen molar-refractivity contribution in [2.45, 2.75) is 144 Å². The van der Waals surface area contributed by atoms with Gasteiger partial charge in [0.2, 0.25) is 0 Å². The molecule has 2 N–H and O–H groups in total. The smallest absolute Gasteiger partial charge is 0.303 e. The van der Waals surface area contributed by atoms with Crippen LogP contribution in [0.1, 0.15) is 78.2 Å². The van der Waals surface area contributed by atoms with E-state index in [0.717, 1.165) is 80.2 Å². The average molecular weight is 1850 g/mol. The standard InChI is InChI=1S/C82H56F16N6O18S4/c1-27(105)113-25-45-71(115-29(3)107)73(117-31(5)109)75(119-33(7)111)81(121-45)125-79-67(95)59(87)53(60(88)68(79)96)49-41-13-9-37(101-41)47(51-55(83)63(91)77(64(92)56(51)84)123-35-17-21-99-22-18-35)39-11-15-43(103-39)50(44-16-12-40(104-44)48(38-10-14-42(49)102-38)52-57(85)65(93)78(66(94)58(52)86)124-36-19-23-100-24-20-36)54-61(89)69(97)80(70(98)62(54)90)126-82-76(120-34(8)112)74(118-32(6)110)72(116-30(4)108)46(122-82)26-114-28(2)106/h9-24,45-46,71-76,81-82,101,104H,25-26H2,1-8H3/t45-,46-,71-,72-,73+,74+,75-,76-,81+,82+/m1/s1. The van der Waals surface area contributed by atoms with Crippen molar-refractivity contribution in [3.8, 4) is 44.5 Å². The third-order valence-corrected chi connectivity index (χ3v) is 23.3. The zero-order valence-electron chi connectivity index (χ0n) is 65.2. The number of fused-ring (bicyclic) bond motifs is 8. The van der Waals surface area contributed by atoms with Crippen molar-refractivity contribution in [2.75, 3.05) is 13.2 Å². The number of ether oxygens (including phenoxy) is 10. The van der Waals surface area contributed by atoms with Crippen molar-refractivity contribution in [1.82, 2.24) is 29.9 Å². The minimum atomic E-state index is -2.47. The van der Waals surface area contributed by atoms with Gasteiger partial charge in [0.1, 0.15) is 36.3 Å². The Morgan fingerprint density at radius 1 is 0.302 bits per heavy atom. The lowest BCUT2D eigenvalue weighted by Gasteiger charge is -2.44. The molecule has 24 nitrogen and oxygen atoms in total. The number of nitrogens with zero attached hydrogens (tertiary/aromatic N) is 4. The minimum absolute atomic E-state index is 0.0708. The Morgan fingerprint density at radius 2 is 0.532 bits per heavy atom. The second-order valence-corrected chi connectivity index (χ2v) is 31.7. The van der Waals surface area contributed by atoms with Crippen LogP contribution < -0.4 is 0 Å². The summed E-state index contributed by atoms with van der Waals surface area (Å²) in [6, 6.07) is 7.51. The lowest BCUT2D eigenvalue weighted by atomic mass is 9.99. The Labute approximate surface area is 714 Å². The first-order valence-electron chi connectivity index (χ1n) is 36.5. The summed E-state index contributed by atoms with van der Waals surface area (Å²) >= 11 is -0.398. The molecule has 0 aliphatic carbocycles. The van der Waals surface area contributed by atoms with Crippen molar-refractivity contribution >= 4 is 141 Å². The third kappa shape index (κ3) is 18.3. The molecule has 2 saturated heterocycles. The number of pyridine rings is 2. The van der Waals surface area contributed by atoms with Crippen LogP contribution in [-0.4, -0.2) is 151 Å². The number of hydrogen-bond acceptors (Lipinski definition) is 26. The van der Waals surface area contributed by atoms with Gasteiger partial charge in [0, 0.05) is 134 Å². The van der Waals surface area contributed by atoms with E-state index >= 15 is 70.2 Å². The fourth-order valence-electron chi connectivity index (χ4n) is 13.8. The van der Waals surface area contributed by atoms with Crippen molar-refractivity contribution in [3.63, 3.8) is 0 Å². The van der Waals surface area contributed by atoms with Gasteiger partial charge in [-0.25, -0.2) is 80.2 Å². The lowest BCUT2D eigenvalue weighted by Crippen LogP contribution is -2.61. The maximum Gasteiger partial charge on any atom is 0.303 e. The summed E-state index contributed by atoms with van der Waals surface area (Å²) in [5.74, 6) is -46.5. The number of aromatic nitrogens is 6. The number of aromatic amines is 2. The summed E-state index contributed by atoms with van der Waals surface area (Å²) in [4.78, 5) is 115. The molecule has 0 radical (unpaired) electrons. The summed E-state index contributed by atoms with van der Waals surface area (Å²) in [5, 5.41) is 0. The number of halogens is 16. The molecular weight excluding hydrogens is 1790 g/mol. The van der Waals surface area contributed by atoms with E-state index in [1.54, 1.807) is 0 Å². The second kappa shape index (κ2) is 37.5. The number of esters is 8. The van der Waals surface area contributed by atoms with E-state index in [-0.39, 0.29) is 56.8 Å². The predicted molar refractivity (Wildman–Crippen MR) is 412 cm³/mol. The maximum atomic E-state index is 18.2. The van der Waals surface area contributed by atoms with E-state index in [4.69, 9.17) is 47.4 Å². The second-order valence-electron chi connectivity index (χ2n) is 27.3. The molecule has 0 amide bonds. The molecule has 8 bridgehead atoms. The SMILES string of the molecule is CC(=O)OC[C@H]1O[C@@H](Sc2c(F)c(F)c(-c3c4nc(c(-c5c(F)c(F)c(Sc6ccncc6)c(F)c5F)c5ccc([nH]5)c(-c5c(F)c(F)c(S[C@@H]6O[C@H](COC(C)=O)[C@@H](OC(C)=O)[C@H](OC(C)=O)[C@H]6OC(C)=O)c(F)c5F)c5nc(c(-c6c(F)c(F)c(Sc7ccncc7)c(F)c6F)c6ccc3[nH]6)C=C5)C=C4)c(F)c2F)[C@H](OC(C)=O)[C@@H](OC(C)=O)[C@@H]1OC(C)=O. The van der Waals surface area contributed by atoms with Crippen molar-refractivity contribution in [3.05, 3.63) is 189 Å². The van der Waals surface area contributed by atoms with Crippen LogP contribution in [0.15, 0.2) is 103 Å². The Hall–Kier alpha value is -12.3. The number of benzene rings is 4. The molecule has 0 unspecified atom stereocenters. The third-order valence-electron chi connectivity index (χ3n) is 18.7. The molecule has 126 heavy (non-hydrogen) atoms. The van der Waals surface area contributed by atoms with Crippen LogP contribution in [0.2, 0.25) is 0 Å². The Balaban J connectivity index is 1.12. The lowest BCUT2D eigenvalue weighted by molar-refractivity contribution is -0.237. The number of nitrogens with one attached hydrogen (secondary N) is 2. The van der Waals surface area contributed by atoms with Crippen LogP contribution in [0.3, 0.4) is 0 Å². The fourth-order valence-corrected chi connectivity index (χ4v) is 17.8. The van der Waals surface area contributed by atoms with E-state index in [9.17, 15) is 38.4 Å². The summed E-state index contributed by atoms with van der Waals surface area (Å²) in [7, 11) is 0. The molecular formula is C82H56F16N6O18S4. The average Bonchev–Trinajstić information content (AvgIpc) is 1.54. The van der Waals surface area contributed by atoms with E-state index in [1.165, 1.54) is 24.3 Å². The first-order chi connectivity index (χ1) is 59.7. The number of hydrogen-bond donors (Lipinski definition) is 2. The highest BCUT2D eigenvalue weighted by molar-refractivity contribution is 8.00. The molecule has 0 saturated carbocycles. The molecule has 5 aromatic heterocycles. The Kier molecular flexibility index (Phi) is 27.2. The number of rotatable bonds is 22. The molecule has 13 rings (SSSR count). The molecule has 44 heteroatoms. The highest BCUT2D eigenvalue weighted by atomic mass is 32.2. The van der Waals surface area contributed by atoms with Gasteiger partial charge in [0.05, 0.1) is 64.6 Å². The number of thioether (sulfide) groups is 2. The molecule has 10 atom stereocenters. The van der Waals surface area contributed by atoms with Gasteiger partial charge in [-0.15, -0.1) is 0 Å². The first kappa shape index (κ1) is 91.4. The van der Waals surface area contributed by atoms with Crippen LogP contribution in [0.5, 0.6) is 0 Å². The molecule has 0 spiro atoms. The van der Waals surface area contributed by atoms with Gasteiger partial charge in [-0.2, -0.15) is 0 Å². The quantitative estimate of drug-likeness (QED) is 0.0275. The largest absolute Gasteiger partial charge is 0.463 e. The van der Waals surface area contributed by atoms with Crippen LogP contribution in [0.25, 0.3) is 90.9 Å². The number of carbonyl (C=O) groups excluding carboxylic acids is 8. The van der Waals surface area contributed by atoms with E-state index < -0.39 is 323 Å². The normalized spacial score (nSPS) is 19.0. The minimum Gasteiger partial charge on any atom is -0.463 e. The molecule has 9 aromatic rings. The van der Waals surface area contributed by atoms with Gasteiger partial charge in [-0.05, 0) is 72.8 Å². The number of H-pyrrole nitrogens is 2. The van der Waals surface area contributed by atoms with Gasteiger partial charge in [0.15, 0.2) is 130 Å². The van der Waals surface area contributed by atoms with Crippen LogP contribution in [0, 0.1) is 93.1 Å². The van der Waals surface area contributed by atoms with E-state index in [2.05, 4.69) is 29.9 Å². The van der Waals surface area contributed by atoms with Gasteiger partial charge in [0.25, 0.3) is 0 Å². The first-order valence-corrected chi connectivity index (χ1v) is 39.9.